The number of halogens is 2. The highest BCUT2D eigenvalue weighted by atomic mass is 35.5. The molecule has 4 nitrogen and oxygen atoms in total. The Morgan fingerprint density at radius 3 is 2.81 bits per heavy atom. The van der Waals surface area contributed by atoms with E-state index in [0.29, 0.717) is 0 Å². The summed E-state index contributed by atoms with van der Waals surface area (Å²) in [5, 5.41) is 3.26. The lowest BCUT2D eigenvalue weighted by atomic mass is 10.2. The van der Waals surface area contributed by atoms with Crippen molar-refractivity contribution in [2.45, 2.75) is 11.3 Å². The van der Waals surface area contributed by atoms with E-state index < -0.39 is 15.8 Å². The number of benzene rings is 2. The van der Waals surface area contributed by atoms with Crippen LogP contribution in [-0.2, 0) is 16.4 Å². The zero-order valence-corrected chi connectivity index (χ0v) is 12.4. The number of nitrogens with one attached hydrogen (secondary N) is 2. The first-order valence-electron chi connectivity index (χ1n) is 6.30. The van der Waals surface area contributed by atoms with Gasteiger partial charge in [0.2, 0.25) is 0 Å². The van der Waals surface area contributed by atoms with E-state index in [-0.39, 0.29) is 15.6 Å². The number of sulfonamides is 1. The summed E-state index contributed by atoms with van der Waals surface area (Å²) < 4.78 is 40.2. The fourth-order valence-electron chi connectivity index (χ4n) is 2.22. The molecule has 0 unspecified atom stereocenters. The molecule has 0 radical (unpaired) electrons. The molecule has 7 heteroatoms. The van der Waals surface area contributed by atoms with Crippen LogP contribution in [0.2, 0.25) is 5.02 Å². The Morgan fingerprint density at radius 1 is 1.19 bits per heavy atom. The largest absolute Gasteiger partial charge is 0.384 e. The maximum Gasteiger partial charge on any atom is 0.262 e. The predicted octanol–water partition coefficient (Wildman–Crippen LogP) is 3.25. The molecule has 1 aliphatic rings. The molecule has 0 amide bonds. The Labute approximate surface area is 127 Å². The van der Waals surface area contributed by atoms with Crippen molar-refractivity contribution in [2.24, 2.45) is 0 Å². The second-order valence-corrected chi connectivity index (χ2v) is 6.81. The molecule has 3 rings (SSSR count). The molecule has 21 heavy (non-hydrogen) atoms. The summed E-state index contributed by atoms with van der Waals surface area (Å²) in [6.07, 6.45) is 0.874. The van der Waals surface area contributed by atoms with E-state index in [1.807, 2.05) is 0 Å². The highest BCUT2D eigenvalue weighted by molar-refractivity contribution is 7.92. The van der Waals surface area contributed by atoms with Crippen molar-refractivity contribution in [3.8, 4) is 0 Å². The normalized spacial score (nSPS) is 13.6. The molecular formula is C14H12ClFN2O2S. The maximum absolute atomic E-state index is 13.2. The Morgan fingerprint density at radius 2 is 2.00 bits per heavy atom. The van der Waals surface area contributed by atoms with Gasteiger partial charge in [-0.1, -0.05) is 17.7 Å². The van der Waals surface area contributed by atoms with Crippen molar-refractivity contribution < 1.29 is 12.8 Å². The quantitative estimate of drug-likeness (QED) is 0.910. The number of rotatable bonds is 3. The van der Waals surface area contributed by atoms with E-state index in [1.54, 1.807) is 12.1 Å². The van der Waals surface area contributed by atoms with Crippen LogP contribution in [0, 0.1) is 5.82 Å². The van der Waals surface area contributed by atoms with E-state index in [0.717, 1.165) is 30.3 Å². The van der Waals surface area contributed by atoms with Gasteiger partial charge in [-0.05, 0) is 42.3 Å². The van der Waals surface area contributed by atoms with Gasteiger partial charge in [-0.2, -0.15) is 0 Å². The summed E-state index contributed by atoms with van der Waals surface area (Å²) in [5.41, 5.74) is 1.91. The summed E-state index contributed by atoms with van der Waals surface area (Å²) in [4.78, 5) is 0.107. The second kappa shape index (κ2) is 5.20. The number of hydrogen-bond donors (Lipinski definition) is 2. The van der Waals surface area contributed by atoms with Gasteiger partial charge in [-0.15, -0.1) is 0 Å². The molecule has 0 aliphatic carbocycles. The molecule has 2 aromatic rings. The van der Waals surface area contributed by atoms with Gasteiger partial charge in [0, 0.05) is 12.2 Å². The standard InChI is InChI=1S/C14H12ClFN2O2S/c15-12-4-2-10(16)7-14(12)18-21(19,20)11-3-1-9-5-6-17-13(9)8-11/h1-4,7-8,17-18H,5-6H2. The summed E-state index contributed by atoms with van der Waals surface area (Å²) in [5.74, 6) is -0.562. The van der Waals surface area contributed by atoms with Gasteiger partial charge >= 0.3 is 0 Å². The zero-order valence-electron chi connectivity index (χ0n) is 10.9. The van der Waals surface area contributed by atoms with Crippen LogP contribution in [0.1, 0.15) is 5.56 Å². The second-order valence-electron chi connectivity index (χ2n) is 4.73. The molecule has 0 bridgehead atoms. The van der Waals surface area contributed by atoms with Gasteiger partial charge in [0.15, 0.2) is 0 Å². The van der Waals surface area contributed by atoms with Crippen LogP contribution in [0.5, 0.6) is 0 Å². The number of anilines is 2. The highest BCUT2D eigenvalue weighted by Crippen LogP contribution is 2.28. The first kappa shape index (κ1) is 14.2. The Kier molecular flexibility index (Phi) is 3.51. The van der Waals surface area contributed by atoms with Crippen molar-refractivity contribution in [2.75, 3.05) is 16.6 Å². The van der Waals surface area contributed by atoms with Gasteiger partial charge in [0.1, 0.15) is 5.82 Å². The third kappa shape index (κ3) is 2.82. The third-order valence-electron chi connectivity index (χ3n) is 3.27. The summed E-state index contributed by atoms with van der Waals surface area (Å²) in [6.45, 7) is 0.794. The number of fused-ring (bicyclic) bond motifs is 1. The molecule has 110 valence electrons. The third-order valence-corrected chi connectivity index (χ3v) is 4.97. The smallest absolute Gasteiger partial charge is 0.262 e. The van der Waals surface area contributed by atoms with Gasteiger partial charge in [0.25, 0.3) is 10.0 Å². The van der Waals surface area contributed by atoms with Crippen LogP contribution in [0.4, 0.5) is 15.8 Å². The van der Waals surface area contributed by atoms with E-state index in [9.17, 15) is 12.8 Å². The monoisotopic (exact) mass is 326 g/mol. The van der Waals surface area contributed by atoms with Gasteiger partial charge in [0.05, 0.1) is 15.6 Å². The first-order valence-corrected chi connectivity index (χ1v) is 8.16. The SMILES string of the molecule is O=S(=O)(Nc1cc(F)ccc1Cl)c1ccc2c(c1)NCC2. The topological polar surface area (TPSA) is 58.2 Å². The van der Waals surface area contributed by atoms with Crippen LogP contribution < -0.4 is 10.0 Å². The zero-order chi connectivity index (χ0) is 15.0. The molecule has 0 saturated heterocycles. The average Bonchev–Trinajstić information content (AvgIpc) is 2.90. The van der Waals surface area contributed by atoms with E-state index in [1.165, 1.54) is 18.2 Å². The minimum Gasteiger partial charge on any atom is -0.384 e. The van der Waals surface area contributed by atoms with Gasteiger partial charge < -0.3 is 5.32 Å². The molecule has 0 fully saturated rings. The molecule has 0 spiro atoms. The minimum absolute atomic E-state index is 0.0186. The molecule has 1 heterocycles. The van der Waals surface area contributed by atoms with Gasteiger partial charge in [-0.25, -0.2) is 12.8 Å². The minimum atomic E-state index is -3.82. The lowest BCUT2D eigenvalue weighted by molar-refractivity contribution is 0.601. The van der Waals surface area contributed by atoms with Crippen LogP contribution in [0.25, 0.3) is 0 Å². The highest BCUT2D eigenvalue weighted by Gasteiger charge is 2.19. The molecule has 1 aliphatic heterocycles. The van der Waals surface area contributed by atoms with Crippen LogP contribution >= 0.6 is 11.6 Å². The lowest BCUT2D eigenvalue weighted by Gasteiger charge is -2.11. The molecular weight excluding hydrogens is 315 g/mol. The van der Waals surface area contributed by atoms with Crippen molar-refractivity contribution in [1.82, 2.24) is 0 Å². The lowest BCUT2D eigenvalue weighted by Crippen LogP contribution is -2.13. The molecule has 0 atom stereocenters. The predicted molar refractivity (Wildman–Crippen MR) is 80.9 cm³/mol. The van der Waals surface area contributed by atoms with Crippen molar-refractivity contribution >= 4 is 33.0 Å². The van der Waals surface area contributed by atoms with Crippen LogP contribution in [-0.4, -0.2) is 15.0 Å². The average molecular weight is 327 g/mol. The van der Waals surface area contributed by atoms with Gasteiger partial charge in [-0.3, -0.25) is 4.72 Å². The van der Waals surface area contributed by atoms with E-state index in [4.69, 9.17) is 11.6 Å². The summed E-state index contributed by atoms with van der Waals surface area (Å²) >= 11 is 5.88. The first-order chi connectivity index (χ1) is 9.95. The maximum atomic E-state index is 13.2. The summed E-state index contributed by atoms with van der Waals surface area (Å²) in [6, 6.07) is 8.39. The molecule has 2 N–H and O–H groups in total. The fraction of sp³-hybridized carbons (Fsp3) is 0.143. The van der Waals surface area contributed by atoms with E-state index in [2.05, 4.69) is 10.0 Å². The molecule has 0 saturated carbocycles. The Balaban J connectivity index is 1.95. The summed E-state index contributed by atoms with van der Waals surface area (Å²) in [7, 11) is -3.82. The van der Waals surface area contributed by atoms with E-state index >= 15 is 0 Å². The Hall–Kier alpha value is -1.79. The molecule has 2 aromatic carbocycles. The van der Waals surface area contributed by atoms with Crippen molar-refractivity contribution in [3.05, 3.63) is 52.8 Å². The van der Waals surface area contributed by atoms with Crippen LogP contribution in [0.3, 0.4) is 0 Å². The number of hydrogen-bond acceptors (Lipinski definition) is 3. The van der Waals surface area contributed by atoms with Crippen molar-refractivity contribution in [1.29, 1.82) is 0 Å². The van der Waals surface area contributed by atoms with Crippen molar-refractivity contribution in [3.63, 3.8) is 0 Å². The van der Waals surface area contributed by atoms with Crippen LogP contribution in [0.15, 0.2) is 41.3 Å². The fourth-order valence-corrected chi connectivity index (χ4v) is 3.53. The Bertz CT molecular complexity index is 809. The molecule has 0 aromatic heterocycles.